The number of nitrogens with zero attached hydrogens (tertiary/aromatic N) is 2. The molecule has 0 amide bonds. The second-order valence-electron chi connectivity index (χ2n) is 3.55. The second-order valence-corrected chi connectivity index (χ2v) is 3.90. The van der Waals surface area contributed by atoms with Crippen LogP contribution in [-0.2, 0) is 4.74 Å². The average molecular weight is 228 g/mol. The highest BCUT2D eigenvalue weighted by Crippen LogP contribution is 2.17. The Morgan fingerprint density at radius 3 is 3.07 bits per heavy atom. The molecule has 4 nitrogen and oxygen atoms in total. The first kappa shape index (κ1) is 10.6. The van der Waals surface area contributed by atoms with Gasteiger partial charge in [0.25, 0.3) is 0 Å². The van der Waals surface area contributed by atoms with Crippen molar-refractivity contribution < 1.29 is 4.74 Å². The highest BCUT2D eigenvalue weighted by Gasteiger charge is 2.14. The summed E-state index contributed by atoms with van der Waals surface area (Å²) in [5, 5.41) is 3.58. The van der Waals surface area contributed by atoms with Gasteiger partial charge in [0.05, 0.1) is 6.10 Å². The molecule has 0 aliphatic carbocycles. The summed E-state index contributed by atoms with van der Waals surface area (Å²) in [6, 6.07) is 0. The summed E-state index contributed by atoms with van der Waals surface area (Å²) < 4.78 is 5.51. The molecule has 0 aromatic carbocycles. The van der Waals surface area contributed by atoms with Gasteiger partial charge >= 0.3 is 0 Å². The van der Waals surface area contributed by atoms with Crippen molar-refractivity contribution in [2.45, 2.75) is 25.4 Å². The van der Waals surface area contributed by atoms with E-state index in [9.17, 15) is 0 Å². The lowest BCUT2D eigenvalue weighted by molar-refractivity contribution is 0.107. The molecule has 0 spiro atoms. The van der Waals surface area contributed by atoms with E-state index in [1.54, 1.807) is 12.4 Å². The van der Waals surface area contributed by atoms with Gasteiger partial charge in [-0.05, 0) is 19.3 Å². The van der Waals surface area contributed by atoms with E-state index in [-0.39, 0.29) is 0 Å². The fourth-order valence-corrected chi connectivity index (χ4v) is 1.84. The molecule has 1 atom stereocenters. The summed E-state index contributed by atoms with van der Waals surface area (Å²) in [6.07, 6.45) is 6.93. The van der Waals surface area contributed by atoms with Crippen molar-refractivity contribution in [3.63, 3.8) is 0 Å². The topological polar surface area (TPSA) is 47.0 Å². The molecular formula is C10H14ClN3O. The van der Waals surface area contributed by atoms with Crippen LogP contribution in [0.15, 0.2) is 12.4 Å². The van der Waals surface area contributed by atoms with Gasteiger partial charge in [-0.25, -0.2) is 9.97 Å². The predicted octanol–water partition coefficient (Wildman–Crippen LogP) is 2.11. The Balaban J connectivity index is 1.75. The number of ether oxygens (including phenoxy) is 1. The monoisotopic (exact) mass is 227 g/mol. The van der Waals surface area contributed by atoms with E-state index in [1.165, 1.54) is 6.42 Å². The number of hydrogen-bond donors (Lipinski definition) is 1. The van der Waals surface area contributed by atoms with Gasteiger partial charge in [-0.2, -0.15) is 0 Å². The minimum Gasteiger partial charge on any atom is -0.378 e. The maximum absolute atomic E-state index is 5.85. The Hall–Kier alpha value is -0.870. The molecule has 0 bridgehead atoms. The zero-order valence-electron chi connectivity index (χ0n) is 8.45. The lowest BCUT2D eigenvalue weighted by atomic mass is 10.2. The van der Waals surface area contributed by atoms with Crippen LogP contribution in [-0.4, -0.2) is 29.2 Å². The molecule has 15 heavy (non-hydrogen) atoms. The normalized spacial score (nSPS) is 20.5. The van der Waals surface area contributed by atoms with Crippen LogP contribution in [0.1, 0.15) is 19.3 Å². The molecule has 2 heterocycles. The van der Waals surface area contributed by atoms with Crippen LogP contribution < -0.4 is 5.32 Å². The van der Waals surface area contributed by atoms with Crippen LogP contribution in [0.4, 0.5) is 5.82 Å². The van der Waals surface area contributed by atoms with Crippen molar-refractivity contribution >= 4 is 17.4 Å². The number of halogens is 1. The quantitative estimate of drug-likeness (QED) is 0.856. The summed E-state index contributed by atoms with van der Waals surface area (Å²) >= 11 is 5.85. The molecular weight excluding hydrogens is 214 g/mol. The molecule has 5 heteroatoms. The zero-order valence-corrected chi connectivity index (χ0v) is 9.20. The van der Waals surface area contributed by atoms with E-state index >= 15 is 0 Å². The lowest BCUT2D eigenvalue weighted by Crippen LogP contribution is -2.13. The van der Waals surface area contributed by atoms with E-state index in [0.717, 1.165) is 26.0 Å². The average Bonchev–Trinajstić information content (AvgIpc) is 2.74. The number of rotatable bonds is 4. The van der Waals surface area contributed by atoms with Crippen LogP contribution in [0.5, 0.6) is 0 Å². The largest absolute Gasteiger partial charge is 0.378 e. The van der Waals surface area contributed by atoms with E-state index in [1.807, 2.05) is 0 Å². The summed E-state index contributed by atoms with van der Waals surface area (Å²) in [7, 11) is 0. The Kier molecular flexibility index (Phi) is 3.75. The first-order valence-electron chi connectivity index (χ1n) is 5.18. The first-order chi connectivity index (χ1) is 7.36. The van der Waals surface area contributed by atoms with Crippen molar-refractivity contribution in [2.24, 2.45) is 0 Å². The Morgan fingerprint density at radius 1 is 1.47 bits per heavy atom. The van der Waals surface area contributed by atoms with Crippen LogP contribution in [0, 0.1) is 0 Å². The highest BCUT2D eigenvalue weighted by molar-refractivity contribution is 6.31. The fourth-order valence-electron chi connectivity index (χ4n) is 1.66. The van der Waals surface area contributed by atoms with Gasteiger partial charge in [-0.15, -0.1) is 0 Å². The molecule has 1 N–H and O–H groups in total. The van der Waals surface area contributed by atoms with Crippen molar-refractivity contribution in [3.05, 3.63) is 17.5 Å². The van der Waals surface area contributed by atoms with Crippen LogP contribution in [0.3, 0.4) is 0 Å². The molecule has 0 radical (unpaired) electrons. The van der Waals surface area contributed by atoms with Crippen LogP contribution >= 0.6 is 11.6 Å². The molecule has 82 valence electrons. The molecule has 1 aromatic rings. The molecule has 1 fully saturated rings. The predicted molar refractivity (Wildman–Crippen MR) is 59.1 cm³/mol. The number of aromatic nitrogens is 2. The molecule has 2 rings (SSSR count). The maximum Gasteiger partial charge on any atom is 0.171 e. The third kappa shape index (κ3) is 3.04. The van der Waals surface area contributed by atoms with Crippen molar-refractivity contribution in [1.29, 1.82) is 0 Å². The summed E-state index contributed by atoms with van der Waals surface area (Å²) in [5.74, 6) is 0.650. The van der Waals surface area contributed by atoms with E-state index < -0.39 is 0 Å². The molecule has 1 aromatic heterocycles. The third-order valence-electron chi connectivity index (χ3n) is 2.44. The third-order valence-corrected chi connectivity index (χ3v) is 2.71. The van der Waals surface area contributed by atoms with Crippen LogP contribution in [0.2, 0.25) is 5.15 Å². The van der Waals surface area contributed by atoms with Gasteiger partial charge in [0.1, 0.15) is 0 Å². The molecule has 1 saturated heterocycles. The Morgan fingerprint density at radius 2 is 2.33 bits per heavy atom. The minimum atomic E-state index is 0.396. The van der Waals surface area contributed by atoms with Crippen molar-refractivity contribution in [3.8, 4) is 0 Å². The summed E-state index contributed by atoms with van der Waals surface area (Å²) in [4.78, 5) is 8.03. The van der Waals surface area contributed by atoms with E-state index in [0.29, 0.717) is 17.1 Å². The molecule has 1 aliphatic rings. The van der Waals surface area contributed by atoms with Gasteiger partial charge in [-0.3, -0.25) is 0 Å². The highest BCUT2D eigenvalue weighted by atomic mass is 35.5. The fraction of sp³-hybridized carbons (Fsp3) is 0.600. The number of nitrogens with one attached hydrogen (secondary N) is 1. The van der Waals surface area contributed by atoms with Crippen molar-refractivity contribution in [1.82, 2.24) is 9.97 Å². The van der Waals surface area contributed by atoms with Gasteiger partial charge in [0.2, 0.25) is 0 Å². The van der Waals surface area contributed by atoms with Gasteiger partial charge in [0.15, 0.2) is 11.0 Å². The van der Waals surface area contributed by atoms with Gasteiger partial charge in [0, 0.05) is 25.5 Å². The maximum atomic E-state index is 5.85. The van der Waals surface area contributed by atoms with Gasteiger partial charge < -0.3 is 10.1 Å². The number of hydrogen-bond acceptors (Lipinski definition) is 4. The molecule has 1 aliphatic heterocycles. The molecule has 0 saturated carbocycles. The smallest absolute Gasteiger partial charge is 0.171 e. The van der Waals surface area contributed by atoms with Crippen LogP contribution in [0.25, 0.3) is 0 Å². The first-order valence-corrected chi connectivity index (χ1v) is 5.56. The second kappa shape index (κ2) is 5.28. The zero-order chi connectivity index (χ0) is 10.5. The summed E-state index contributed by atoms with van der Waals surface area (Å²) in [5.41, 5.74) is 0. The lowest BCUT2D eigenvalue weighted by Gasteiger charge is -2.10. The molecule has 1 unspecified atom stereocenters. The minimum absolute atomic E-state index is 0.396. The summed E-state index contributed by atoms with van der Waals surface area (Å²) in [6.45, 7) is 1.72. The Bertz CT molecular complexity index is 315. The van der Waals surface area contributed by atoms with E-state index in [4.69, 9.17) is 16.3 Å². The standard InChI is InChI=1S/C10H14ClN3O/c11-9-10(14-6-5-12-9)13-4-3-8-2-1-7-15-8/h5-6,8H,1-4,7H2,(H,13,14). The number of anilines is 1. The SMILES string of the molecule is Clc1nccnc1NCCC1CCCO1. The van der Waals surface area contributed by atoms with Gasteiger partial charge in [-0.1, -0.05) is 11.6 Å². The van der Waals surface area contributed by atoms with E-state index in [2.05, 4.69) is 15.3 Å². The van der Waals surface area contributed by atoms with Crippen molar-refractivity contribution in [2.75, 3.05) is 18.5 Å². The Labute approximate surface area is 94.0 Å².